The first-order valence-corrected chi connectivity index (χ1v) is 9.20. The average molecular weight is 381 g/mol. The average Bonchev–Trinajstić information content (AvgIpc) is 3.14. The molecule has 7 heteroatoms. The molecule has 4 rings (SSSR count). The molecule has 2 fully saturated rings. The molecule has 2 aromatic rings. The maximum absolute atomic E-state index is 13.4. The normalized spacial score (nSPS) is 23.4. The van der Waals surface area contributed by atoms with Crippen molar-refractivity contribution < 1.29 is 8.91 Å². The van der Waals surface area contributed by atoms with Crippen LogP contribution in [-0.4, -0.2) is 41.7 Å². The van der Waals surface area contributed by atoms with Gasteiger partial charge in [-0.1, -0.05) is 36.6 Å². The van der Waals surface area contributed by atoms with Crippen molar-refractivity contribution in [2.45, 2.75) is 43.6 Å². The minimum absolute atomic E-state index is 0. The molecule has 1 saturated heterocycles. The first-order chi connectivity index (χ1) is 12.2. The Balaban J connectivity index is 0.00000196. The second-order valence-electron chi connectivity index (χ2n) is 7.31. The molecule has 1 aliphatic heterocycles. The SMILES string of the molecule is CN1CCNCC1c1noc(C2(c3ccc(F)cc3)CCCCC2)n1.Cl. The van der Waals surface area contributed by atoms with E-state index < -0.39 is 0 Å². The highest BCUT2D eigenvalue weighted by Gasteiger charge is 2.41. The fourth-order valence-corrected chi connectivity index (χ4v) is 4.21. The third-order valence-corrected chi connectivity index (χ3v) is 5.76. The van der Waals surface area contributed by atoms with Gasteiger partial charge in [-0.05, 0) is 37.6 Å². The Morgan fingerprint density at radius 2 is 1.92 bits per heavy atom. The Morgan fingerprint density at radius 3 is 2.62 bits per heavy atom. The van der Waals surface area contributed by atoms with E-state index in [2.05, 4.69) is 22.4 Å². The van der Waals surface area contributed by atoms with Gasteiger partial charge in [-0.2, -0.15) is 4.98 Å². The van der Waals surface area contributed by atoms with Crippen LogP contribution in [0.1, 0.15) is 55.4 Å². The van der Waals surface area contributed by atoms with Gasteiger partial charge >= 0.3 is 0 Å². The van der Waals surface area contributed by atoms with Gasteiger partial charge in [0.15, 0.2) is 5.82 Å². The lowest BCUT2D eigenvalue weighted by Gasteiger charge is -2.34. The molecule has 1 saturated carbocycles. The molecule has 2 aliphatic rings. The van der Waals surface area contributed by atoms with E-state index in [1.54, 1.807) is 0 Å². The van der Waals surface area contributed by atoms with E-state index in [1.165, 1.54) is 18.6 Å². The fraction of sp³-hybridized carbons (Fsp3) is 0.579. The number of aromatic nitrogens is 2. The second kappa shape index (κ2) is 8.03. The van der Waals surface area contributed by atoms with Gasteiger partial charge in [0.1, 0.15) is 5.82 Å². The molecule has 1 aromatic carbocycles. The van der Waals surface area contributed by atoms with Crippen LogP contribution in [-0.2, 0) is 5.41 Å². The number of hydrogen-bond acceptors (Lipinski definition) is 5. The van der Waals surface area contributed by atoms with Crippen LogP contribution in [0.2, 0.25) is 0 Å². The van der Waals surface area contributed by atoms with Crippen molar-refractivity contribution in [3.63, 3.8) is 0 Å². The molecule has 5 nitrogen and oxygen atoms in total. The van der Waals surface area contributed by atoms with Gasteiger partial charge in [0, 0.05) is 19.6 Å². The zero-order chi connectivity index (χ0) is 17.3. The van der Waals surface area contributed by atoms with Gasteiger partial charge in [-0.3, -0.25) is 4.90 Å². The number of rotatable bonds is 3. The number of benzene rings is 1. The van der Waals surface area contributed by atoms with Crippen molar-refractivity contribution in [3.8, 4) is 0 Å². The predicted molar refractivity (Wildman–Crippen MR) is 100 cm³/mol. The minimum atomic E-state index is -0.280. The van der Waals surface area contributed by atoms with E-state index >= 15 is 0 Å². The van der Waals surface area contributed by atoms with Crippen LogP contribution in [0.25, 0.3) is 0 Å². The van der Waals surface area contributed by atoms with E-state index in [1.807, 2.05) is 12.1 Å². The summed E-state index contributed by atoms with van der Waals surface area (Å²) in [5.74, 6) is 1.22. The Kier molecular flexibility index (Phi) is 5.95. The summed E-state index contributed by atoms with van der Waals surface area (Å²) in [6.07, 6.45) is 5.41. The largest absolute Gasteiger partial charge is 0.338 e. The van der Waals surface area contributed by atoms with Crippen LogP contribution in [0.15, 0.2) is 28.8 Å². The van der Waals surface area contributed by atoms with E-state index in [9.17, 15) is 4.39 Å². The third-order valence-electron chi connectivity index (χ3n) is 5.76. The number of halogens is 2. The maximum Gasteiger partial charge on any atom is 0.237 e. The van der Waals surface area contributed by atoms with Gasteiger partial charge in [0.2, 0.25) is 5.89 Å². The zero-order valence-corrected chi connectivity index (χ0v) is 15.9. The molecule has 1 aliphatic carbocycles. The lowest BCUT2D eigenvalue weighted by molar-refractivity contribution is 0.189. The fourth-order valence-electron chi connectivity index (χ4n) is 4.21. The molecule has 1 unspecified atom stereocenters. The summed E-state index contributed by atoms with van der Waals surface area (Å²) in [5, 5.41) is 7.71. The van der Waals surface area contributed by atoms with Crippen molar-refractivity contribution in [1.29, 1.82) is 0 Å². The van der Waals surface area contributed by atoms with Gasteiger partial charge in [-0.25, -0.2) is 4.39 Å². The summed E-state index contributed by atoms with van der Waals surface area (Å²) in [4.78, 5) is 7.09. The van der Waals surface area contributed by atoms with Crippen molar-refractivity contribution in [3.05, 3.63) is 47.4 Å². The Bertz CT molecular complexity index is 715. The molecule has 0 amide bonds. The number of nitrogens with one attached hydrogen (secondary N) is 1. The van der Waals surface area contributed by atoms with Crippen molar-refractivity contribution in [1.82, 2.24) is 20.4 Å². The van der Waals surface area contributed by atoms with E-state index in [4.69, 9.17) is 9.51 Å². The van der Waals surface area contributed by atoms with E-state index in [0.717, 1.165) is 56.7 Å². The highest BCUT2D eigenvalue weighted by molar-refractivity contribution is 5.85. The number of likely N-dealkylation sites (N-methyl/N-ethyl adjacent to an activating group) is 1. The minimum Gasteiger partial charge on any atom is -0.338 e. The molecule has 0 spiro atoms. The monoisotopic (exact) mass is 380 g/mol. The zero-order valence-electron chi connectivity index (χ0n) is 15.1. The molecule has 2 heterocycles. The van der Waals surface area contributed by atoms with Crippen LogP contribution in [0.3, 0.4) is 0 Å². The quantitative estimate of drug-likeness (QED) is 0.883. The van der Waals surface area contributed by atoms with E-state index in [-0.39, 0.29) is 29.7 Å². The smallest absolute Gasteiger partial charge is 0.237 e. The highest BCUT2D eigenvalue weighted by atomic mass is 35.5. The first kappa shape index (κ1) is 19.3. The van der Waals surface area contributed by atoms with Crippen LogP contribution in [0.4, 0.5) is 4.39 Å². The predicted octanol–water partition coefficient (Wildman–Crippen LogP) is 3.46. The Labute approximate surface area is 159 Å². The molecule has 1 atom stereocenters. The summed E-state index contributed by atoms with van der Waals surface area (Å²) in [6, 6.07) is 6.95. The third kappa shape index (κ3) is 3.50. The molecular weight excluding hydrogens is 355 g/mol. The lowest BCUT2D eigenvalue weighted by Crippen LogP contribution is -2.44. The lowest BCUT2D eigenvalue weighted by atomic mass is 9.69. The van der Waals surface area contributed by atoms with Crippen LogP contribution >= 0.6 is 12.4 Å². The summed E-state index contributed by atoms with van der Waals surface area (Å²) in [7, 11) is 2.10. The van der Waals surface area contributed by atoms with Gasteiger partial charge in [0.25, 0.3) is 0 Å². The van der Waals surface area contributed by atoms with E-state index in [0.29, 0.717) is 5.89 Å². The van der Waals surface area contributed by atoms with Crippen molar-refractivity contribution in [2.75, 3.05) is 26.7 Å². The highest BCUT2D eigenvalue weighted by Crippen LogP contribution is 2.44. The summed E-state index contributed by atoms with van der Waals surface area (Å²) < 4.78 is 19.2. The molecule has 26 heavy (non-hydrogen) atoms. The van der Waals surface area contributed by atoms with Crippen LogP contribution in [0.5, 0.6) is 0 Å². The molecule has 1 aromatic heterocycles. The molecule has 1 N–H and O–H groups in total. The molecule has 0 bridgehead atoms. The van der Waals surface area contributed by atoms with Crippen LogP contribution < -0.4 is 5.32 Å². The van der Waals surface area contributed by atoms with Crippen LogP contribution in [0, 0.1) is 5.82 Å². The Hall–Kier alpha value is -1.50. The number of hydrogen-bond donors (Lipinski definition) is 1. The molecule has 0 radical (unpaired) electrons. The standard InChI is InChI=1S/C19H25FN4O.ClH/c1-24-12-11-21-13-16(24)17-22-18(25-23-17)19(9-3-2-4-10-19)14-5-7-15(20)8-6-14;/h5-8,16,21H,2-4,9-13H2,1H3;1H. The maximum atomic E-state index is 13.4. The topological polar surface area (TPSA) is 54.2 Å². The summed E-state index contributed by atoms with van der Waals surface area (Å²) >= 11 is 0. The molecule has 142 valence electrons. The number of piperazine rings is 1. The van der Waals surface area contributed by atoms with Crippen molar-refractivity contribution >= 4 is 12.4 Å². The summed E-state index contributed by atoms with van der Waals surface area (Å²) in [6.45, 7) is 2.79. The Morgan fingerprint density at radius 1 is 1.19 bits per heavy atom. The summed E-state index contributed by atoms with van der Waals surface area (Å²) in [5.41, 5.74) is 0.802. The van der Waals surface area contributed by atoms with Gasteiger partial charge in [0.05, 0.1) is 11.5 Å². The van der Waals surface area contributed by atoms with Crippen molar-refractivity contribution in [2.24, 2.45) is 0 Å². The number of nitrogens with zero attached hydrogens (tertiary/aromatic N) is 3. The molecular formula is C19H26ClFN4O. The van der Waals surface area contributed by atoms with Gasteiger partial charge in [-0.15, -0.1) is 12.4 Å². The van der Waals surface area contributed by atoms with Gasteiger partial charge < -0.3 is 9.84 Å². The second-order valence-corrected chi connectivity index (χ2v) is 7.31. The first-order valence-electron chi connectivity index (χ1n) is 9.20.